The SMILES string of the molecule is O=c1[nH]ccc2c3[nH]c(Sc4ncccn4)nc3c3ccc(F)cc3c12. The summed E-state index contributed by atoms with van der Waals surface area (Å²) in [5.41, 5.74) is 1.13. The molecule has 0 fully saturated rings. The lowest BCUT2D eigenvalue weighted by atomic mass is 10.0. The van der Waals surface area contributed by atoms with Gasteiger partial charge in [0, 0.05) is 34.7 Å². The minimum atomic E-state index is -0.399. The number of hydrogen-bond donors (Lipinski definition) is 2. The normalized spacial score (nSPS) is 11.6. The van der Waals surface area contributed by atoms with E-state index in [4.69, 9.17) is 0 Å². The molecule has 5 aromatic rings. The first kappa shape index (κ1) is 15.0. The molecule has 0 amide bonds. The molecule has 0 atom stereocenters. The van der Waals surface area contributed by atoms with Gasteiger partial charge in [0.15, 0.2) is 10.3 Å². The number of nitrogens with one attached hydrogen (secondary N) is 2. The van der Waals surface area contributed by atoms with Crippen LogP contribution in [-0.4, -0.2) is 24.9 Å². The molecule has 2 N–H and O–H groups in total. The maximum absolute atomic E-state index is 13.8. The largest absolute Gasteiger partial charge is 0.332 e. The predicted molar refractivity (Wildman–Crippen MR) is 97.8 cm³/mol. The van der Waals surface area contributed by atoms with Gasteiger partial charge in [-0.05, 0) is 42.1 Å². The first-order valence-corrected chi connectivity index (χ1v) is 8.59. The topological polar surface area (TPSA) is 87.3 Å². The zero-order valence-electron chi connectivity index (χ0n) is 13.2. The summed E-state index contributed by atoms with van der Waals surface area (Å²) in [6.45, 7) is 0. The van der Waals surface area contributed by atoms with E-state index in [-0.39, 0.29) is 5.56 Å². The summed E-state index contributed by atoms with van der Waals surface area (Å²) in [7, 11) is 0. The molecule has 0 saturated heterocycles. The molecule has 5 rings (SSSR count). The van der Waals surface area contributed by atoms with Crippen LogP contribution in [0.5, 0.6) is 0 Å². The number of aromatic amines is 2. The van der Waals surface area contributed by atoms with Crippen LogP contribution < -0.4 is 5.56 Å². The van der Waals surface area contributed by atoms with Gasteiger partial charge in [-0.3, -0.25) is 4.79 Å². The zero-order chi connectivity index (χ0) is 17.7. The monoisotopic (exact) mass is 363 g/mol. The van der Waals surface area contributed by atoms with Gasteiger partial charge in [-0.15, -0.1) is 0 Å². The third kappa shape index (κ3) is 2.26. The summed E-state index contributed by atoms with van der Waals surface area (Å²) in [5.74, 6) is -0.399. The van der Waals surface area contributed by atoms with Crippen molar-refractivity contribution in [2.24, 2.45) is 0 Å². The highest BCUT2D eigenvalue weighted by molar-refractivity contribution is 7.99. The van der Waals surface area contributed by atoms with Crippen LogP contribution in [0.15, 0.2) is 64.0 Å². The Balaban J connectivity index is 1.87. The van der Waals surface area contributed by atoms with Gasteiger partial charge in [-0.25, -0.2) is 19.3 Å². The summed E-state index contributed by atoms with van der Waals surface area (Å²) < 4.78 is 13.8. The first-order chi connectivity index (χ1) is 12.7. The Hall–Kier alpha value is -3.26. The van der Waals surface area contributed by atoms with E-state index in [1.807, 2.05) is 0 Å². The van der Waals surface area contributed by atoms with Crippen LogP contribution in [0.2, 0.25) is 0 Å². The highest BCUT2D eigenvalue weighted by Gasteiger charge is 2.16. The van der Waals surface area contributed by atoms with Crippen LogP contribution in [0.1, 0.15) is 0 Å². The lowest BCUT2D eigenvalue weighted by Crippen LogP contribution is -2.05. The van der Waals surface area contributed by atoms with E-state index in [1.165, 1.54) is 23.9 Å². The molecule has 0 unspecified atom stereocenters. The fourth-order valence-corrected chi connectivity index (χ4v) is 3.79. The molecule has 0 bridgehead atoms. The van der Waals surface area contributed by atoms with Crippen molar-refractivity contribution in [2.75, 3.05) is 0 Å². The Kier molecular flexibility index (Phi) is 3.26. The van der Waals surface area contributed by atoms with E-state index >= 15 is 0 Å². The number of fused-ring (bicyclic) bond motifs is 6. The van der Waals surface area contributed by atoms with Crippen LogP contribution in [0, 0.1) is 5.82 Å². The molecule has 126 valence electrons. The fraction of sp³-hybridized carbons (Fsp3) is 0. The van der Waals surface area contributed by atoms with Crippen LogP contribution >= 0.6 is 11.8 Å². The van der Waals surface area contributed by atoms with Gasteiger partial charge in [0.1, 0.15) is 5.82 Å². The van der Waals surface area contributed by atoms with E-state index < -0.39 is 5.82 Å². The third-order valence-corrected chi connectivity index (χ3v) is 4.93. The van der Waals surface area contributed by atoms with E-state index in [1.54, 1.807) is 36.8 Å². The minimum Gasteiger partial charge on any atom is -0.332 e. The molecule has 2 aromatic carbocycles. The highest BCUT2D eigenvalue weighted by Crippen LogP contribution is 2.34. The molecular formula is C18H10FN5OS. The van der Waals surface area contributed by atoms with Crippen molar-refractivity contribution in [1.82, 2.24) is 24.9 Å². The van der Waals surface area contributed by atoms with Gasteiger partial charge in [-0.2, -0.15) is 0 Å². The average Bonchev–Trinajstić information content (AvgIpc) is 3.06. The molecule has 8 heteroatoms. The molecule has 0 aliphatic carbocycles. The minimum absolute atomic E-state index is 0.268. The summed E-state index contributed by atoms with van der Waals surface area (Å²) in [4.78, 5) is 31.3. The number of pyridine rings is 1. The second kappa shape index (κ2) is 5.63. The average molecular weight is 363 g/mol. The molecule has 0 saturated carbocycles. The quantitative estimate of drug-likeness (QED) is 0.369. The number of aromatic nitrogens is 5. The predicted octanol–water partition coefficient (Wildman–Crippen LogP) is 3.64. The summed E-state index contributed by atoms with van der Waals surface area (Å²) in [5, 5.41) is 3.53. The van der Waals surface area contributed by atoms with E-state index in [0.717, 1.165) is 5.52 Å². The maximum Gasteiger partial charge on any atom is 0.256 e. The number of H-pyrrole nitrogens is 2. The zero-order valence-corrected chi connectivity index (χ0v) is 14.0. The van der Waals surface area contributed by atoms with Gasteiger partial charge in [0.05, 0.1) is 16.4 Å². The van der Waals surface area contributed by atoms with Gasteiger partial charge in [0.2, 0.25) is 0 Å². The van der Waals surface area contributed by atoms with Crippen LogP contribution in [0.25, 0.3) is 32.6 Å². The standard InChI is InChI=1S/C18H10FN5OS/c19-9-2-3-10-12(8-9)13-11(4-7-20-16(13)25)15-14(10)23-18(24-15)26-17-21-5-1-6-22-17/h1-8H,(H,20,25)(H,23,24). The Morgan fingerprint density at radius 1 is 1.04 bits per heavy atom. The van der Waals surface area contributed by atoms with Crippen molar-refractivity contribution in [3.05, 3.63) is 65.1 Å². The van der Waals surface area contributed by atoms with Gasteiger partial charge < -0.3 is 9.97 Å². The highest BCUT2D eigenvalue weighted by atomic mass is 32.2. The van der Waals surface area contributed by atoms with Crippen LogP contribution in [0.4, 0.5) is 4.39 Å². The van der Waals surface area contributed by atoms with Crippen molar-refractivity contribution < 1.29 is 4.39 Å². The van der Waals surface area contributed by atoms with Crippen molar-refractivity contribution in [3.63, 3.8) is 0 Å². The lowest BCUT2D eigenvalue weighted by molar-refractivity contribution is 0.630. The molecule has 0 spiro atoms. The fourth-order valence-electron chi connectivity index (χ4n) is 3.10. The van der Waals surface area contributed by atoms with E-state index in [0.29, 0.717) is 37.4 Å². The smallest absolute Gasteiger partial charge is 0.256 e. The summed E-state index contributed by atoms with van der Waals surface area (Å²) in [6, 6.07) is 7.91. The van der Waals surface area contributed by atoms with Gasteiger partial charge >= 0.3 is 0 Å². The Bertz CT molecular complexity index is 1350. The Labute approximate surface area is 149 Å². The van der Waals surface area contributed by atoms with Crippen molar-refractivity contribution in [1.29, 1.82) is 0 Å². The lowest BCUT2D eigenvalue weighted by Gasteiger charge is -2.05. The molecule has 0 aliphatic heterocycles. The second-order valence-electron chi connectivity index (χ2n) is 5.68. The number of rotatable bonds is 2. The number of hydrogen-bond acceptors (Lipinski definition) is 5. The number of nitrogens with zero attached hydrogens (tertiary/aromatic N) is 3. The number of imidazole rings is 1. The molecule has 3 aromatic heterocycles. The van der Waals surface area contributed by atoms with Crippen molar-refractivity contribution >= 4 is 44.3 Å². The molecular weight excluding hydrogens is 353 g/mol. The van der Waals surface area contributed by atoms with Gasteiger partial charge in [-0.1, -0.05) is 0 Å². The summed E-state index contributed by atoms with van der Waals surface area (Å²) >= 11 is 1.29. The molecule has 26 heavy (non-hydrogen) atoms. The molecule has 3 heterocycles. The Morgan fingerprint density at radius 2 is 1.88 bits per heavy atom. The van der Waals surface area contributed by atoms with Crippen LogP contribution in [-0.2, 0) is 0 Å². The van der Waals surface area contributed by atoms with Crippen molar-refractivity contribution in [2.45, 2.75) is 10.3 Å². The Morgan fingerprint density at radius 3 is 2.73 bits per heavy atom. The van der Waals surface area contributed by atoms with Crippen LogP contribution in [0.3, 0.4) is 0 Å². The first-order valence-electron chi connectivity index (χ1n) is 7.78. The molecule has 0 radical (unpaired) electrons. The number of halogens is 1. The molecule has 6 nitrogen and oxygen atoms in total. The van der Waals surface area contributed by atoms with E-state index in [2.05, 4.69) is 24.9 Å². The second-order valence-corrected chi connectivity index (χ2v) is 6.64. The summed E-state index contributed by atoms with van der Waals surface area (Å²) in [6.07, 6.45) is 4.89. The van der Waals surface area contributed by atoms with Crippen molar-refractivity contribution in [3.8, 4) is 0 Å². The molecule has 0 aliphatic rings. The van der Waals surface area contributed by atoms with Gasteiger partial charge in [0.25, 0.3) is 5.56 Å². The maximum atomic E-state index is 13.8. The third-order valence-electron chi connectivity index (χ3n) is 4.15. The number of benzene rings is 2. The van der Waals surface area contributed by atoms with E-state index in [9.17, 15) is 9.18 Å².